The molecule has 0 unspecified atom stereocenters. The van der Waals surface area contributed by atoms with E-state index < -0.39 is 5.91 Å². The van der Waals surface area contributed by atoms with Gasteiger partial charge in [0.05, 0.1) is 6.54 Å². The molecule has 0 saturated carbocycles. The molecule has 0 aliphatic carbocycles. The zero-order valence-corrected chi connectivity index (χ0v) is 9.24. The highest BCUT2D eigenvalue weighted by molar-refractivity contribution is 5.80. The van der Waals surface area contributed by atoms with Crippen molar-refractivity contribution in [3.8, 4) is 0 Å². The van der Waals surface area contributed by atoms with Gasteiger partial charge in [-0.1, -0.05) is 0 Å². The summed E-state index contributed by atoms with van der Waals surface area (Å²) in [5.41, 5.74) is 10.9. The molecule has 5 N–H and O–H groups in total. The number of aromatic nitrogens is 2. The average molecular weight is 211 g/mol. The molecule has 1 amide bonds. The molecule has 0 fully saturated rings. The van der Waals surface area contributed by atoms with Gasteiger partial charge in [0.25, 0.3) is 0 Å². The molecule has 1 heterocycles. The Morgan fingerprint density at radius 3 is 2.53 bits per heavy atom. The number of H-pyrrole nitrogens is 1. The van der Waals surface area contributed by atoms with Crippen LogP contribution < -0.4 is 16.4 Å². The van der Waals surface area contributed by atoms with E-state index in [2.05, 4.69) is 9.97 Å². The van der Waals surface area contributed by atoms with Crippen LogP contribution in [-0.4, -0.2) is 28.5 Å². The second-order valence-corrected chi connectivity index (χ2v) is 3.75. The lowest BCUT2D eigenvalue weighted by molar-refractivity contribution is -0.116. The zero-order chi connectivity index (χ0) is 11.6. The third-order valence-corrected chi connectivity index (χ3v) is 2.05. The van der Waals surface area contributed by atoms with Gasteiger partial charge in [-0.25, -0.2) is 4.98 Å². The maximum Gasteiger partial charge on any atom is 0.237 e. The number of rotatable bonds is 4. The Balaban J connectivity index is 2.98. The molecule has 0 radical (unpaired) electrons. The first-order chi connectivity index (χ1) is 6.91. The van der Waals surface area contributed by atoms with Crippen molar-refractivity contribution in [2.75, 3.05) is 17.2 Å². The molecule has 1 rings (SSSR count). The van der Waals surface area contributed by atoms with Gasteiger partial charge in [0, 0.05) is 6.04 Å². The van der Waals surface area contributed by atoms with Gasteiger partial charge >= 0.3 is 0 Å². The van der Waals surface area contributed by atoms with Gasteiger partial charge < -0.3 is 21.4 Å². The van der Waals surface area contributed by atoms with Crippen molar-refractivity contribution in [3.05, 3.63) is 5.82 Å². The van der Waals surface area contributed by atoms with Crippen LogP contribution in [0.5, 0.6) is 0 Å². The van der Waals surface area contributed by atoms with Crippen molar-refractivity contribution in [2.45, 2.75) is 26.8 Å². The first-order valence-corrected chi connectivity index (χ1v) is 4.78. The number of nitrogens with zero attached hydrogens (tertiary/aromatic N) is 2. The zero-order valence-electron chi connectivity index (χ0n) is 9.24. The van der Waals surface area contributed by atoms with E-state index in [9.17, 15) is 4.79 Å². The second kappa shape index (κ2) is 4.20. The van der Waals surface area contributed by atoms with Gasteiger partial charge in [0.2, 0.25) is 5.91 Å². The van der Waals surface area contributed by atoms with Gasteiger partial charge in [0.15, 0.2) is 5.82 Å². The van der Waals surface area contributed by atoms with Gasteiger partial charge in [-0.15, -0.1) is 0 Å². The van der Waals surface area contributed by atoms with Crippen LogP contribution in [0.4, 0.5) is 11.6 Å². The maximum absolute atomic E-state index is 10.9. The molecule has 0 saturated heterocycles. The van der Waals surface area contributed by atoms with Crippen LogP contribution in [-0.2, 0) is 4.79 Å². The van der Waals surface area contributed by atoms with Crippen molar-refractivity contribution < 1.29 is 4.79 Å². The van der Waals surface area contributed by atoms with Crippen LogP contribution in [0.3, 0.4) is 0 Å². The Bertz CT molecular complexity index is 357. The number of aryl methyl sites for hydroxylation is 1. The minimum atomic E-state index is -0.399. The van der Waals surface area contributed by atoms with Crippen molar-refractivity contribution in [1.29, 1.82) is 0 Å². The summed E-state index contributed by atoms with van der Waals surface area (Å²) in [6, 6.07) is 0.113. The number of nitrogen functional groups attached to an aromatic ring is 1. The van der Waals surface area contributed by atoms with E-state index >= 15 is 0 Å². The quantitative estimate of drug-likeness (QED) is 0.652. The molecule has 1 aromatic rings. The number of imidazole rings is 1. The minimum Gasteiger partial charge on any atom is -0.382 e. The van der Waals surface area contributed by atoms with E-state index in [-0.39, 0.29) is 12.6 Å². The number of nitrogens with two attached hydrogens (primary N) is 2. The summed E-state index contributed by atoms with van der Waals surface area (Å²) < 4.78 is 0. The van der Waals surface area contributed by atoms with Crippen LogP contribution in [0.25, 0.3) is 0 Å². The predicted octanol–water partition coefficient (Wildman–Crippen LogP) is 0.000420. The Morgan fingerprint density at radius 2 is 2.20 bits per heavy atom. The van der Waals surface area contributed by atoms with Crippen LogP contribution >= 0.6 is 0 Å². The third kappa shape index (κ3) is 2.61. The van der Waals surface area contributed by atoms with E-state index in [4.69, 9.17) is 11.5 Å². The van der Waals surface area contributed by atoms with Crippen LogP contribution in [0, 0.1) is 6.92 Å². The molecular formula is C9H17N5O. The number of carbonyl (C=O) groups excluding carboxylic acids is 1. The molecule has 0 atom stereocenters. The Morgan fingerprint density at radius 1 is 1.60 bits per heavy atom. The molecule has 0 spiro atoms. The fourth-order valence-corrected chi connectivity index (χ4v) is 1.39. The first kappa shape index (κ1) is 11.4. The molecule has 0 aromatic carbocycles. The lowest BCUT2D eigenvalue weighted by atomic mass is 10.3. The number of hydrogen-bond acceptors (Lipinski definition) is 4. The summed E-state index contributed by atoms with van der Waals surface area (Å²) in [6.07, 6.45) is 0. The van der Waals surface area contributed by atoms with E-state index in [0.717, 1.165) is 5.82 Å². The number of hydrogen-bond donors (Lipinski definition) is 3. The smallest absolute Gasteiger partial charge is 0.237 e. The second-order valence-electron chi connectivity index (χ2n) is 3.75. The van der Waals surface area contributed by atoms with Gasteiger partial charge in [-0.05, 0) is 20.8 Å². The summed E-state index contributed by atoms with van der Waals surface area (Å²) >= 11 is 0. The van der Waals surface area contributed by atoms with Crippen molar-refractivity contribution in [1.82, 2.24) is 9.97 Å². The van der Waals surface area contributed by atoms with Crippen LogP contribution in [0.1, 0.15) is 19.7 Å². The Hall–Kier alpha value is -1.72. The lowest BCUT2D eigenvalue weighted by Gasteiger charge is -2.25. The molecule has 0 aliphatic heterocycles. The lowest BCUT2D eigenvalue weighted by Crippen LogP contribution is -2.39. The van der Waals surface area contributed by atoms with E-state index in [1.54, 1.807) is 4.90 Å². The standard InChI is InChI=1S/C9H17N5O/c1-5(2)14(4-7(10)15)9-8(11)12-6(3)13-9/h5H,4,11H2,1-3H3,(H2,10,15)(H,12,13). The number of nitrogens with one attached hydrogen (secondary N) is 1. The predicted molar refractivity (Wildman–Crippen MR) is 59.4 cm³/mol. The Kier molecular flexibility index (Phi) is 3.18. The van der Waals surface area contributed by atoms with Gasteiger partial charge in [-0.2, -0.15) is 0 Å². The topological polar surface area (TPSA) is 101 Å². The van der Waals surface area contributed by atoms with E-state index in [1.165, 1.54) is 0 Å². The van der Waals surface area contributed by atoms with E-state index in [0.29, 0.717) is 11.6 Å². The van der Waals surface area contributed by atoms with Crippen molar-refractivity contribution in [2.24, 2.45) is 5.73 Å². The highest BCUT2D eigenvalue weighted by atomic mass is 16.1. The van der Waals surface area contributed by atoms with E-state index in [1.807, 2.05) is 20.8 Å². The maximum atomic E-state index is 10.9. The summed E-state index contributed by atoms with van der Waals surface area (Å²) in [6.45, 7) is 5.83. The third-order valence-electron chi connectivity index (χ3n) is 2.05. The summed E-state index contributed by atoms with van der Waals surface area (Å²) in [7, 11) is 0. The summed E-state index contributed by atoms with van der Waals surface area (Å²) in [5.74, 6) is 1.37. The van der Waals surface area contributed by atoms with Crippen molar-refractivity contribution in [3.63, 3.8) is 0 Å². The fraction of sp³-hybridized carbons (Fsp3) is 0.556. The van der Waals surface area contributed by atoms with Gasteiger partial charge in [-0.3, -0.25) is 4.79 Å². The first-order valence-electron chi connectivity index (χ1n) is 4.78. The number of primary amides is 1. The van der Waals surface area contributed by atoms with Crippen LogP contribution in [0.2, 0.25) is 0 Å². The molecule has 1 aromatic heterocycles. The average Bonchev–Trinajstić information content (AvgIpc) is 2.40. The summed E-state index contributed by atoms with van der Waals surface area (Å²) in [5, 5.41) is 0. The Labute approximate surface area is 88.7 Å². The molecule has 84 valence electrons. The molecule has 15 heavy (non-hydrogen) atoms. The number of carbonyl (C=O) groups is 1. The SMILES string of the molecule is Cc1nc(N(CC(N)=O)C(C)C)c(N)[nH]1. The number of aromatic amines is 1. The normalized spacial score (nSPS) is 10.7. The fourth-order valence-electron chi connectivity index (χ4n) is 1.39. The molecule has 0 aliphatic rings. The summed E-state index contributed by atoms with van der Waals surface area (Å²) in [4.78, 5) is 19.8. The van der Waals surface area contributed by atoms with Crippen molar-refractivity contribution >= 4 is 17.5 Å². The molecule has 6 heteroatoms. The largest absolute Gasteiger partial charge is 0.382 e. The molecular weight excluding hydrogens is 194 g/mol. The minimum absolute atomic E-state index is 0.113. The van der Waals surface area contributed by atoms with Crippen LogP contribution in [0.15, 0.2) is 0 Å². The number of anilines is 2. The highest BCUT2D eigenvalue weighted by Gasteiger charge is 2.18. The molecule has 0 bridgehead atoms. The highest BCUT2D eigenvalue weighted by Crippen LogP contribution is 2.21. The molecule has 6 nitrogen and oxygen atoms in total. The van der Waals surface area contributed by atoms with Gasteiger partial charge in [0.1, 0.15) is 11.6 Å². The number of amides is 1. The monoisotopic (exact) mass is 211 g/mol.